The van der Waals surface area contributed by atoms with E-state index in [-0.39, 0.29) is 23.6 Å². The number of likely N-dealkylation sites (N-methyl/N-ethyl adjacent to an activating group) is 1. The van der Waals surface area contributed by atoms with E-state index in [1.807, 2.05) is 13.8 Å². The Hall–Kier alpha value is -2.35. The summed E-state index contributed by atoms with van der Waals surface area (Å²) in [5.41, 5.74) is 5.75. The third-order valence-corrected chi connectivity index (χ3v) is 2.93. The van der Waals surface area contributed by atoms with Crippen LogP contribution >= 0.6 is 0 Å². The monoisotopic (exact) mass is 297 g/mol. The highest BCUT2D eigenvalue weighted by Gasteiger charge is 2.16. The number of nitrogens with zero attached hydrogens (tertiary/aromatic N) is 2. The van der Waals surface area contributed by atoms with E-state index in [0.717, 1.165) is 13.1 Å². The second-order valence-electron chi connectivity index (χ2n) is 4.23. The maximum atomic E-state index is 11.9. The van der Waals surface area contributed by atoms with Gasteiger partial charge in [0.05, 0.1) is 5.56 Å². The molecule has 8 heteroatoms. The summed E-state index contributed by atoms with van der Waals surface area (Å²) in [5.74, 6) is -0.910. The first-order valence-electron chi connectivity index (χ1n) is 6.59. The number of nitrogens with two attached hydrogens (primary N) is 1. The Labute approximate surface area is 122 Å². The fourth-order valence-corrected chi connectivity index (χ4v) is 1.75. The zero-order chi connectivity index (χ0) is 15.8. The smallest absolute Gasteiger partial charge is 0.340 e. The molecule has 0 heterocycles. The number of carbonyl (C=O) groups is 1. The quantitative estimate of drug-likeness (QED) is 0.334. The zero-order valence-corrected chi connectivity index (χ0v) is 12.1. The van der Waals surface area contributed by atoms with Crippen LogP contribution in [-0.4, -0.2) is 42.2 Å². The Balaban J connectivity index is 2.71. The Morgan fingerprint density at radius 1 is 1.38 bits per heavy atom. The molecule has 0 fully saturated rings. The minimum absolute atomic E-state index is 0.0274. The van der Waals surface area contributed by atoms with Crippen LogP contribution in [0.4, 0.5) is 5.69 Å². The molecule has 0 saturated heterocycles. The summed E-state index contributed by atoms with van der Waals surface area (Å²) in [6.07, 6.45) is 0. The summed E-state index contributed by atoms with van der Waals surface area (Å²) >= 11 is 0. The van der Waals surface area contributed by atoms with Gasteiger partial charge >= 0.3 is 5.97 Å². The number of nitrogen functional groups attached to an aromatic ring is 1. The van der Waals surface area contributed by atoms with Gasteiger partial charge in [0.1, 0.15) is 12.4 Å². The number of benzene rings is 1. The van der Waals surface area contributed by atoms with Crippen LogP contribution in [-0.2, 0) is 4.74 Å². The van der Waals surface area contributed by atoms with Crippen LogP contribution in [0.5, 0.6) is 5.75 Å². The molecule has 0 bridgehead atoms. The second kappa shape index (κ2) is 8.05. The van der Waals surface area contributed by atoms with Gasteiger partial charge in [-0.2, -0.15) is 0 Å². The summed E-state index contributed by atoms with van der Waals surface area (Å²) in [6.45, 7) is 6.52. The van der Waals surface area contributed by atoms with Crippen LogP contribution in [0.25, 0.3) is 0 Å². The SMILES string of the molecule is CCN(CC)CCOC(=O)c1ccc(N)cc1O[N+](=O)[O-]. The lowest BCUT2D eigenvalue weighted by Crippen LogP contribution is -2.28. The van der Waals surface area contributed by atoms with Gasteiger partial charge in [-0.05, 0) is 31.3 Å². The largest absolute Gasteiger partial charge is 0.461 e. The van der Waals surface area contributed by atoms with Crippen LogP contribution in [0.2, 0.25) is 0 Å². The lowest BCUT2D eigenvalue weighted by Gasteiger charge is -2.17. The molecule has 0 aliphatic rings. The van der Waals surface area contributed by atoms with Crippen LogP contribution in [0, 0.1) is 10.1 Å². The highest BCUT2D eigenvalue weighted by molar-refractivity contribution is 5.93. The third kappa shape index (κ3) is 5.27. The minimum atomic E-state index is -0.999. The van der Waals surface area contributed by atoms with Crippen molar-refractivity contribution in [1.29, 1.82) is 0 Å². The number of ether oxygens (including phenoxy) is 1. The number of esters is 1. The van der Waals surface area contributed by atoms with E-state index < -0.39 is 11.1 Å². The standard InChI is InChI=1S/C13H19N3O5/c1-3-15(4-2)7-8-20-13(17)11-6-5-10(14)9-12(11)21-16(18)19/h5-6,9H,3-4,7-8,14H2,1-2H3. The first-order chi connectivity index (χ1) is 9.97. The summed E-state index contributed by atoms with van der Waals surface area (Å²) in [6, 6.07) is 4.01. The molecular weight excluding hydrogens is 278 g/mol. The van der Waals surface area contributed by atoms with Gasteiger partial charge in [-0.1, -0.05) is 13.8 Å². The first-order valence-corrected chi connectivity index (χ1v) is 6.59. The van der Waals surface area contributed by atoms with Gasteiger partial charge in [0.25, 0.3) is 5.09 Å². The Kier molecular flexibility index (Phi) is 6.41. The van der Waals surface area contributed by atoms with Crippen LogP contribution < -0.4 is 10.6 Å². The Morgan fingerprint density at radius 2 is 2.05 bits per heavy atom. The molecule has 0 radical (unpaired) electrons. The number of hydrogen-bond donors (Lipinski definition) is 1. The van der Waals surface area contributed by atoms with E-state index >= 15 is 0 Å². The van der Waals surface area contributed by atoms with Gasteiger partial charge in [0.15, 0.2) is 0 Å². The molecule has 0 aliphatic heterocycles. The van der Waals surface area contributed by atoms with Crippen molar-refractivity contribution in [3.05, 3.63) is 33.9 Å². The fourth-order valence-electron chi connectivity index (χ4n) is 1.75. The average molecular weight is 297 g/mol. The van der Waals surface area contributed by atoms with Crippen molar-refractivity contribution in [2.24, 2.45) is 0 Å². The molecule has 1 aromatic rings. The predicted molar refractivity (Wildman–Crippen MR) is 76.5 cm³/mol. The molecule has 0 aliphatic carbocycles. The number of rotatable bonds is 8. The van der Waals surface area contributed by atoms with Gasteiger partial charge in [-0.3, -0.25) is 4.84 Å². The summed E-state index contributed by atoms with van der Waals surface area (Å²) < 4.78 is 5.10. The molecule has 0 unspecified atom stereocenters. The van der Waals surface area contributed by atoms with Crippen molar-refractivity contribution in [3.8, 4) is 5.75 Å². The molecule has 116 valence electrons. The lowest BCUT2D eigenvalue weighted by atomic mass is 10.2. The lowest BCUT2D eigenvalue weighted by molar-refractivity contribution is -0.711. The topological polar surface area (TPSA) is 108 Å². The van der Waals surface area contributed by atoms with Crippen molar-refractivity contribution in [1.82, 2.24) is 4.90 Å². The average Bonchev–Trinajstić information content (AvgIpc) is 2.43. The van der Waals surface area contributed by atoms with Gasteiger partial charge in [-0.25, -0.2) is 4.79 Å². The molecule has 0 amide bonds. The Bertz CT molecular complexity index is 503. The molecule has 1 aromatic carbocycles. The summed E-state index contributed by atoms with van der Waals surface area (Å²) in [7, 11) is 0. The predicted octanol–water partition coefficient (Wildman–Crippen LogP) is 1.34. The van der Waals surface area contributed by atoms with Crippen molar-refractivity contribution in [2.75, 3.05) is 32.0 Å². The van der Waals surface area contributed by atoms with Gasteiger partial charge in [0, 0.05) is 12.2 Å². The fraction of sp³-hybridized carbons (Fsp3) is 0.462. The molecule has 0 saturated carbocycles. The van der Waals surface area contributed by atoms with E-state index in [1.165, 1.54) is 18.2 Å². The van der Waals surface area contributed by atoms with E-state index in [2.05, 4.69) is 9.74 Å². The molecule has 1 rings (SSSR count). The van der Waals surface area contributed by atoms with E-state index in [4.69, 9.17) is 10.5 Å². The number of anilines is 1. The normalized spacial score (nSPS) is 10.4. The van der Waals surface area contributed by atoms with E-state index in [1.54, 1.807) is 0 Å². The minimum Gasteiger partial charge on any atom is -0.461 e. The highest BCUT2D eigenvalue weighted by Crippen LogP contribution is 2.22. The summed E-state index contributed by atoms with van der Waals surface area (Å²) in [4.78, 5) is 28.8. The zero-order valence-electron chi connectivity index (χ0n) is 12.1. The van der Waals surface area contributed by atoms with Crippen molar-refractivity contribution >= 4 is 11.7 Å². The van der Waals surface area contributed by atoms with Crippen LogP contribution in [0.1, 0.15) is 24.2 Å². The van der Waals surface area contributed by atoms with Crippen LogP contribution in [0.15, 0.2) is 18.2 Å². The molecule has 8 nitrogen and oxygen atoms in total. The maximum Gasteiger partial charge on any atom is 0.340 e. The Morgan fingerprint density at radius 3 is 2.62 bits per heavy atom. The van der Waals surface area contributed by atoms with E-state index in [9.17, 15) is 14.9 Å². The van der Waals surface area contributed by atoms with Crippen molar-refractivity contribution in [3.63, 3.8) is 0 Å². The molecule has 0 aromatic heterocycles. The number of hydrogen-bond acceptors (Lipinski definition) is 7. The molecular formula is C13H19N3O5. The molecule has 0 spiro atoms. The first kappa shape index (κ1) is 16.7. The van der Waals surface area contributed by atoms with E-state index in [0.29, 0.717) is 6.54 Å². The second-order valence-corrected chi connectivity index (χ2v) is 4.23. The van der Waals surface area contributed by atoms with Gasteiger partial charge in [-0.15, -0.1) is 10.1 Å². The number of carbonyl (C=O) groups excluding carboxylic acids is 1. The van der Waals surface area contributed by atoms with Crippen molar-refractivity contribution in [2.45, 2.75) is 13.8 Å². The third-order valence-electron chi connectivity index (χ3n) is 2.93. The van der Waals surface area contributed by atoms with Gasteiger partial charge in [0.2, 0.25) is 0 Å². The summed E-state index contributed by atoms with van der Waals surface area (Å²) in [5, 5.41) is 9.42. The maximum absolute atomic E-state index is 11.9. The molecule has 0 atom stereocenters. The van der Waals surface area contributed by atoms with Gasteiger partial charge < -0.3 is 15.4 Å². The van der Waals surface area contributed by atoms with Crippen molar-refractivity contribution < 1.29 is 19.5 Å². The van der Waals surface area contributed by atoms with Crippen LogP contribution in [0.3, 0.4) is 0 Å². The molecule has 2 N–H and O–H groups in total. The molecule has 21 heavy (non-hydrogen) atoms. The highest BCUT2D eigenvalue weighted by atomic mass is 17.0.